The molecule has 2 fully saturated rings. The molecular formula is C19H37N3O2. The summed E-state index contributed by atoms with van der Waals surface area (Å²) in [5, 5.41) is 0. The summed E-state index contributed by atoms with van der Waals surface area (Å²) in [6, 6.07) is 0. The minimum atomic E-state index is -0.273. The zero-order chi connectivity index (χ0) is 17.8. The summed E-state index contributed by atoms with van der Waals surface area (Å²) in [6.45, 7) is 20.3. The van der Waals surface area contributed by atoms with Crippen LogP contribution in [0.3, 0.4) is 0 Å². The van der Waals surface area contributed by atoms with Crippen LogP contribution in [0.1, 0.15) is 47.5 Å². The number of esters is 1. The number of hydrogen-bond donors (Lipinski definition) is 0. The Morgan fingerprint density at radius 1 is 0.958 bits per heavy atom. The first-order chi connectivity index (χ1) is 11.2. The average molecular weight is 340 g/mol. The average Bonchev–Trinajstić information content (AvgIpc) is 2.54. The third-order valence-corrected chi connectivity index (χ3v) is 5.78. The van der Waals surface area contributed by atoms with Gasteiger partial charge in [0.2, 0.25) is 0 Å². The van der Waals surface area contributed by atoms with E-state index < -0.39 is 0 Å². The Morgan fingerprint density at radius 3 is 1.92 bits per heavy atom. The maximum absolute atomic E-state index is 12.1. The normalized spacial score (nSPS) is 24.0. The lowest BCUT2D eigenvalue weighted by atomic mass is 9.80. The summed E-state index contributed by atoms with van der Waals surface area (Å²) >= 11 is 0. The summed E-state index contributed by atoms with van der Waals surface area (Å²) in [4.78, 5) is 19.8. The standard InChI is InChI=1S/C19H37N3O2/c1-6-24-17(23)19(5)7-9-20(10-8-19)11-12-21-13-15-22(16-14-21)18(2,3)4/h6-16H2,1-5H3. The molecule has 0 radical (unpaired) electrons. The molecule has 0 spiro atoms. The van der Waals surface area contributed by atoms with E-state index in [0.717, 1.165) is 39.0 Å². The molecule has 0 amide bonds. The van der Waals surface area contributed by atoms with Crippen LogP contribution in [0.4, 0.5) is 0 Å². The predicted octanol–water partition coefficient (Wildman–Crippen LogP) is 2.07. The van der Waals surface area contributed by atoms with E-state index >= 15 is 0 Å². The summed E-state index contributed by atoms with van der Waals surface area (Å²) in [5.74, 6) is -0.0112. The second kappa shape index (κ2) is 8.15. The molecule has 2 heterocycles. The van der Waals surface area contributed by atoms with Gasteiger partial charge in [0.25, 0.3) is 0 Å². The maximum atomic E-state index is 12.1. The smallest absolute Gasteiger partial charge is 0.311 e. The molecule has 140 valence electrons. The zero-order valence-electron chi connectivity index (χ0n) is 16.4. The monoisotopic (exact) mass is 339 g/mol. The van der Waals surface area contributed by atoms with Gasteiger partial charge in [-0.2, -0.15) is 0 Å². The SMILES string of the molecule is CCOC(=O)C1(C)CCN(CCN2CCN(C(C)(C)C)CC2)CC1. The molecule has 0 saturated carbocycles. The van der Waals surface area contributed by atoms with Crippen molar-refractivity contribution in [3.63, 3.8) is 0 Å². The van der Waals surface area contributed by atoms with Crippen LogP contribution < -0.4 is 0 Å². The number of ether oxygens (including phenoxy) is 1. The van der Waals surface area contributed by atoms with Crippen LogP contribution in [-0.2, 0) is 9.53 Å². The number of carbonyl (C=O) groups excluding carboxylic acids is 1. The van der Waals surface area contributed by atoms with Crippen molar-refractivity contribution in [2.75, 3.05) is 59.0 Å². The van der Waals surface area contributed by atoms with Gasteiger partial charge in [-0.3, -0.25) is 14.6 Å². The summed E-state index contributed by atoms with van der Waals surface area (Å²) in [5.41, 5.74) is 0.0152. The third-order valence-electron chi connectivity index (χ3n) is 5.78. The minimum Gasteiger partial charge on any atom is -0.466 e. The highest BCUT2D eigenvalue weighted by Crippen LogP contribution is 2.32. The molecule has 0 atom stereocenters. The van der Waals surface area contributed by atoms with Gasteiger partial charge in [0.1, 0.15) is 0 Å². The van der Waals surface area contributed by atoms with Crippen molar-refractivity contribution in [2.24, 2.45) is 5.41 Å². The van der Waals surface area contributed by atoms with Gasteiger partial charge in [-0.15, -0.1) is 0 Å². The molecule has 5 heteroatoms. The molecule has 2 rings (SSSR count). The topological polar surface area (TPSA) is 36.0 Å². The van der Waals surface area contributed by atoms with Gasteiger partial charge in [0.05, 0.1) is 12.0 Å². The highest BCUT2D eigenvalue weighted by Gasteiger charge is 2.38. The number of likely N-dealkylation sites (tertiary alicyclic amines) is 1. The molecule has 0 aromatic carbocycles. The molecule has 5 nitrogen and oxygen atoms in total. The predicted molar refractivity (Wildman–Crippen MR) is 98.2 cm³/mol. The first-order valence-corrected chi connectivity index (χ1v) is 9.61. The van der Waals surface area contributed by atoms with E-state index in [2.05, 4.69) is 42.4 Å². The number of piperidine rings is 1. The van der Waals surface area contributed by atoms with Crippen molar-refractivity contribution in [1.29, 1.82) is 0 Å². The molecule has 0 aliphatic carbocycles. The molecule has 0 bridgehead atoms. The second-order valence-corrected chi connectivity index (χ2v) is 8.62. The number of rotatable bonds is 5. The number of hydrogen-bond acceptors (Lipinski definition) is 5. The van der Waals surface area contributed by atoms with Gasteiger partial charge >= 0.3 is 5.97 Å². The fraction of sp³-hybridized carbons (Fsp3) is 0.947. The molecule has 0 unspecified atom stereocenters. The first kappa shape index (κ1) is 19.7. The fourth-order valence-corrected chi connectivity index (χ4v) is 3.70. The molecule has 0 N–H and O–H groups in total. The van der Waals surface area contributed by atoms with E-state index in [1.165, 1.54) is 26.2 Å². The molecule has 2 aliphatic heterocycles. The Morgan fingerprint density at radius 2 is 1.46 bits per heavy atom. The fourth-order valence-electron chi connectivity index (χ4n) is 3.70. The Bertz CT molecular complexity index is 403. The van der Waals surface area contributed by atoms with Gasteiger partial charge < -0.3 is 9.64 Å². The van der Waals surface area contributed by atoms with Crippen molar-refractivity contribution in [1.82, 2.24) is 14.7 Å². The molecule has 2 saturated heterocycles. The maximum Gasteiger partial charge on any atom is 0.311 e. The van der Waals surface area contributed by atoms with Gasteiger partial charge in [0.15, 0.2) is 0 Å². The second-order valence-electron chi connectivity index (χ2n) is 8.62. The van der Waals surface area contributed by atoms with Crippen molar-refractivity contribution in [3.8, 4) is 0 Å². The Hall–Kier alpha value is -0.650. The largest absolute Gasteiger partial charge is 0.466 e. The lowest BCUT2D eigenvalue weighted by molar-refractivity contribution is -0.157. The van der Waals surface area contributed by atoms with Crippen LogP contribution in [0.15, 0.2) is 0 Å². The first-order valence-electron chi connectivity index (χ1n) is 9.61. The zero-order valence-corrected chi connectivity index (χ0v) is 16.4. The number of nitrogens with zero attached hydrogens (tertiary/aromatic N) is 3. The molecular weight excluding hydrogens is 302 g/mol. The van der Waals surface area contributed by atoms with Crippen molar-refractivity contribution < 1.29 is 9.53 Å². The molecule has 0 aromatic heterocycles. The van der Waals surface area contributed by atoms with Crippen LogP contribution in [0.2, 0.25) is 0 Å². The summed E-state index contributed by atoms with van der Waals surface area (Å²) in [7, 11) is 0. The number of carbonyl (C=O) groups is 1. The summed E-state index contributed by atoms with van der Waals surface area (Å²) in [6.07, 6.45) is 1.84. The van der Waals surface area contributed by atoms with E-state index in [4.69, 9.17) is 4.74 Å². The molecule has 24 heavy (non-hydrogen) atoms. The van der Waals surface area contributed by atoms with Gasteiger partial charge in [0, 0.05) is 44.8 Å². The third kappa shape index (κ3) is 5.17. The van der Waals surface area contributed by atoms with E-state index in [1.54, 1.807) is 0 Å². The summed E-state index contributed by atoms with van der Waals surface area (Å²) < 4.78 is 5.24. The van der Waals surface area contributed by atoms with E-state index in [1.807, 2.05) is 6.92 Å². The van der Waals surface area contributed by atoms with Crippen LogP contribution in [0.5, 0.6) is 0 Å². The van der Waals surface area contributed by atoms with Crippen LogP contribution in [-0.4, -0.2) is 85.2 Å². The highest BCUT2D eigenvalue weighted by molar-refractivity contribution is 5.76. The Labute approximate surface area is 148 Å². The quantitative estimate of drug-likeness (QED) is 0.717. The molecule has 2 aliphatic rings. The van der Waals surface area contributed by atoms with E-state index in [9.17, 15) is 4.79 Å². The minimum absolute atomic E-state index is 0.0112. The lowest BCUT2D eigenvalue weighted by Crippen LogP contribution is -2.54. The Balaban J connectivity index is 1.68. The van der Waals surface area contributed by atoms with E-state index in [0.29, 0.717) is 6.61 Å². The lowest BCUT2D eigenvalue weighted by Gasteiger charge is -2.43. The van der Waals surface area contributed by atoms with Crippen molar-refractivity contribution in [3.05, 3.63) is 0 Å². The van der Waals surface area contributed by atoms with Gasteiger partial charge in [-0.05, 0) is 60.5 Å². The van der Waals surface area contributed by atoms with Crippen molar-refractivity contribution in [2.45, 2.75) is 53.0 Å². The molecule has 0 aromatic rings. The van der Waals surface area contributed by atoms with Crippen LogP contribution in [0.25, 0.3) is 0 Å². The van der Waals surface area contributed by atoms with Crippen molar-refractivity contribution >= 4 is 5.97 Å². The van der Waals surface area contributed by atoms with E-state index in [-0.39, 0.29) is 16.9 Å². The van der Waals surface area contributed by atoms with Gasteiger partial charge in [-0.25, -0.2) is 0 Å². The van der Waals surface area contributed by atoms with Crippen LogP contribution >= 0.6 is 0 Å². The Kier molecular flexibility index (Phi) is 6.68. The van der Waals surface area contributed by atoms with Crippen LogP contribution in [0, 0.1) is 5.41 Å². The number of piperazine rings is 1. The van der Waals surface area contributed by atoms with Gasteiger partial charge in [-0.1, -0.05) is 0 Å². The highest BCUT2D eigenvalue weighted by atomic mass is 16.5.